The van der Waals surface area contributed by atoms with E-state index in [-0.39, 0.29) is 5.82 Å². The number of hydrogen-bond donors (Lipinski definition) is 1. The Hall–Kier alpha value is -2.78. The summed E-state index contributed by atoms with van der Waals surface area (Å²) >= 11 is 0. The lowest BCUT2D eigenvalue weighted by molar-refractivity contribution is 0.137. The number of fused-ring (bicyclic) bond motifs is 1. The molecule has 3 aromatic rings. The van der Waals surface area contributed by atoms with E-state index in [0.29, 0.717) is 31.5 Å². The third kappa shape index (κ3) is 5.59. The van der Waals surface area contributed by atoms with Gasteiger partial charge in [-0.1, -0.05) is 6.42 Å². The van der Waals surface area contributed by atoms with E-state index in [4.69, 9.17) is 19.8 Å². The highest BCUT2D eigenvalue weighted by molar-refractivity contribution is 5.90. The van der Waals surface area contributed by atoms with Crippen molar-refractivity contribution in [2.75, 3.05) is 50.1 Å². The summed E-state index contributed by atoms with van der Waals surface area (Å²) in [5.74, 6) is 1.03. The van der Waals surface area contributed by atoms with Gasteiger partial charge in [-0.3, -0.25) is 9.58 Å². The highest BCUT2D eigenvalue weighted by atomic mass is 19.1. The van der Waals surface area contributed by atoms with Crippen molar-refractivity contribution in [2.45, 2.75) is 46.2 Å². The Morgan fingerprint density at radius 2 is 1.85 bits per heavy atom. The largest absolute Gasteiger partial charge is 0.380 e. The van der Waals surface area contributed by atoms with Crippen molar-refractivity contribution in [1.29, 1.82) is 0 Å². The van der Waals surface area contributed by atoms with Gasteiger partial charge in [-0.25, -0.2) is 9.37 Å². The molecular weight excluding hydrogens is 421 g/mol. The number of ether oxygens (including phenoxy) is 1. The molecule has 0 spiro atoms. The fourth-order valence-corrected chi connectivity index (χ4v) is 4.09. The van der Waals surface area contributed by atoms with Crippen LogP contribution in [0.1, 0.15) is 38.8 Å². The number of nitrogens with zero attached hydrogens (tertiary/aromatic N) is 6. The van der Waals surface area contributed by atoms with Crippen LogP contribution in [0.5, 0.6) is 0 Å². The molecular formula is C24H34FN7O. The van der Waals surface area contributed by atoms with Gasteiger partial charge in [0, 0.05) is 32.4 Å². The zero-order chi connectivity index (χ0) is 23.2. The number of nitrogens with one attached hydrogen (secondary N) is 1. The first kappa shape index (κ1) is 23.4. The zero-order valence-electron chi connectivity index (χ0n) is 19.8. The quantitative estimate of drug-likeness (QED) is 0.460. The lowest BCUT2D eigenvalue weighted by Gasteiger charge is -2.25. The fourth-order valence-electron chi connectivity index (χ4n) is 4.09. The van der Waals surface area contributed by atoms with Crippen molar-refractivity contribution in [2.24, 2.45) is 0 Å². The van der Waals surface area contributed by atoms with Crippen LogP contribution in [-0.2, 0) is 17.8 Å². The number of anilines is 3. The van der Waals surface area contributed by atoms with Gasteiger partial charge in [0.2, 0.25) is 5.95 Å². The molecule has 4 rings (SSSR count). The third-order valence-electron chi connectivity index (χ3n) is 6.04. The Labute approximate surface area is 194 Å². The van der Waals surface area contributed by atoms with E-state index in [9.17, 15) is 4.39 Å². The summed E-state index contributed by atoms with van der Waals surface area (Å²) in [5, 5.41) is 8.35. The van der Waals surface area contributed by atoms with Gasteiger partial charge in [0.25, 0.3) is 0 Å². The topological polar surface area (TPSA) is 71.3 Å². The molecule has 0 amide bonds. The number of likely N-dealkylation sites (tertiary alicyclic amines) is 1. The van der Waals surface area contributed by atoms with Crippen LogP contribution in [0.4, 0.5) is 21.8 Å². The fraction of sp³-hybridized carbons (Fsp3) is 0.542. The molecule has 1 N–H and O–H groups in total. The Bertz CT molecular complexity index is 1050. The molecule has 0 bridgehead atoms. The number of hydrogen-bond acceptors (Lipinski definition) is 7. The molecule has 178 valence electrons. The average molecular weight is 456 g/mol. The van der Waals surface area contributed by atoms with E-state index in [1.165, 1.54) is 31.4 Å². The monoisotopic (exact) mass is 455 g/mol. The van der Waals surface area contributed by atoms with E-state index in [1.54, 1.807) is 12.1 Å². The molecule has 1 fully saturated rings. The van der Waals surface area contributed by atoms with E-state index in [0.717, 1.165) is 48.6 Å². The normalized spacial score (nSPS) is 14.7. The minimum Gasteiger partial charge on any atom is -0.380 e. The second kappa shape index (κ2) is 10.9. The predicted molar refractivity (Wildman–Crippen MR) is 130 cm³/mol. The number of halogens is 1. The molecule has 1 aliphatic rings. The Morgan fingerprint density at radius 1 is 1.09 bits per heavy atom. The minimum atomic E-state index is -0.273. The van der Waals surface area contributed by atoms with E-state index < -0.39 is 0 Å². The first-order valence-corrected chi connectivity index (χ1v) is 11.9. The van der Waals surface area contributed by atoms with Gasteiger partial charge >= 0.3 is 0 Å². The average Bonchev–Trinajstić information content (AvgIpc) is 3.18. The zero-order valence-corrected chi connectivity index (χ0v) is 19.8. The summed E-state index contributed by atoms with van der Waals surface area (Å²) in [5.41, 5.74) is 3.42. The van der Waals surface area contributed by atoms with Crippen molar-refractivity contribution in [1.82, 2.24) is 24.6 Å². The Morgan fingerprint density at radius 3 is 2.55 bits per heavy atom. The SMILES string of the molecule is CCOCCn1nc(CN2CCCCC2)c2nc(N(C)CC)nc(Nc3ccc(F)cc3)c21. The lowest BCUT2D eigenvalue weighted by atomic mass is 10.1. The maximum Gasteiger partial charge on any atom is 0.227 e. The summed E-state index contributed by atoms with van der Waals surface area (Å²) in [7, 11) is 1.98. The van der Waals surface area contributed by atoms with Crippen molar-refractivity contribution in [3.05, 3.63) is 35.8 Å². The molecule has 0 radical (unpaired) electrons. The van der Waals surface area contributed by atoms with Crippen molar-refractivity contribution < 1.29 is 9.13 Å². The maximum absolute atomic E-state index is 13.5. The van der Waals surface area contributed by atoms with Crippen LogP contribution in [0.2, 0.25) is 0 Å². The van der Waals surface area contributed by atoms with Gasteiger partial charge in [0.1, 0.15) is 22.5 Å². The smallest absolute Gasteiger partial charge is 0.227 e. The predicted octanol–water partition coefficient (Wildman–Crippen LogP) is 4.19. The number of aromatic nitrogens is 4. The van der Waals surface area contributed by atoms with Gasteiger partial charge in [-0.15, -0.1) is 0 Å². The van der Waals surface area contributed by atoms with Crippen molar-refractivity contribution in [3.63, 3.8) is 0 Å². The molecule has 9 heteroatoms. The van der Waals surface area contributed by atoms with Gasteiger partial charge in [-0.05, 0) is 64.0 Å². The van der Waals surface area contributed by atoms with Crippen LogP contribution in [0, 0.1) is 5.82 Å². The molecule has 1 aromatic carbocycles. The van der Waals surface area contributed by atoms with Crippen molar-refractivity contribution in [3.8, 4) is 0 Å². The maximum atomic E-state index is 13.5. The summed E-state index contributed by atoms with van der Waals surface area (Å²) in [6.45, 7) is 9.59. The molecule has 1 saturated heterocycles. The minimum absolute atomic E-state index is 0.273. The molecule has 2 aromatic heterocycles. The molecule has 0 unspecified atom stereocenters. The van der Waals surface area contributed by atoms with Crippen LogP contribution in [0.3, 0.4) is 0 Å². The van der Waals surface area contributed by atoms with Gasteiger partial charge < -0.3 is 15.0 Å². The van der Waals surface area contributed by atoms with Crippen LogP contribution >= 0.6 is 0 Å². The first-order chi connectivity index (χ1) is 16.1. The van der Waals surface area contributed by atoms with Crippen LogP contribution in [-0.4, -0.2) is 64.5 Å². The van der Waals surface area contributed by atoms with Gasteiger partial charge in [0.15, 0.2) is 5.82 Å². The Kier molecular flexibility index (Phi) is 7.72. The standard InChI is InChI=1S/C24H34FN7O/c1-4-30(3)24-27-21-20(17-31-13-7-6-8-14-31)29-32(15-16-33-5-2)22(21)23(28-24)26-19-11-9-18(25)10-12-19/h9-12H,4-8,13-17H2,1-3H3,(H,26,27,28). The second-order valence-electron chi connectivity index (χ2n) is 8.42. The lowest BCUT2D eigenvalue weighted by Crippen LogP contribution is -2.29. The summed E-state index contributed by atoms with van der Waals surface area (Å²) in [6, 6.07) is 6.30. The second-order valence-corrected chi connectivity index (χ2v) is 8.42. The molecule has 0 atom stereocenters. The summed E-state index contributed by atoms with van der Waals surface area (Å²) in [6.07, 6.45) is 3.73. The molecule has 8 nitrogen and oxygen atoms in total. The third-order valence-corrected chi connectivity index (χ3v) is 6.04. The molecule has 3 heterocycles. The number of piperidine rings is 1. The number of rotatable bonds is 10. The Balaban J connectivity index is 1.80. The molecule has 33 heavy (non-hydrogen) atoms. The van der Waals surface area contributed by atoms with Gasteiger partial charge in [-0.2, -0.15) is 10.1 Å². The first-order valence-electron chi connectivity index (χ1n) is 11.9. The summed E-state index contributed by atoms with van der Waals surface area (Å²) < 4.78 is 21.0. The highest BCUT2D eigenvalue weighted by Gasteiger charge is 2.22. The van der Waals surface area contributed by atoms with Gasteiger partial charge in [0.05, 0.1) is 13.2 Å². The highest BCUT2D eigenvalue weighted by Crippen LogP contribution is 2.30. The van der Waals surface area contributed by atoms with Crippen LogP contribution in [0.25, 0.3) is 11.0 Å². The molecule has 0 saturated carbocycles. The van der Waals surface area contributed by atoms with E-state index in [1.807, 2.05) is 23.6 Å². The summed E-state index contributed by atoms with van der Waals surface area (Å²) in [4.78, 5) is 14.2. The van der Waals surface area contributed by atoms with E-state index in [2.05, 4.69) is 17.1 Å². The molecule has 1 aliphatic heterocycles. The van der Waals surface area contributed by atoms with E-state index >= 15 is 0 Å². The number of benzene rings is 1. The van der Waals surface area contributed by atoms with Crippen LogP contribution < -0.4 is 10.2 Å². The van der Waals surface area contributed by atoms with Crippen LogP contribution in [0.15, 0.2) is 24.3 Å². The van der Waals surface area contributed by atoms with Crippen molar-refractivity contribution >= 4 is 28.5 Å². The molecule has 0 aliphatic carbocycles.